The molecular weight excluding hydrogens is 288 g/mol. The number of nitrogens with one attached hydrogen (secondary N) is 2. The smallest absolute Gasteiger partial charge is 0.128 e. The highest BCUT2D eigenvalue weighted by Gasteiger charge is 2.24. The molecule has 5 heteroatoms. The minimum Gasteiger partial charge on any atom is -0.386 e. The lowest BCUT2D eigenvalue weighted by Crippen LogP contribution is -2.16. The Balaban J connectivity index is 1.82. The maximum Gasteiger partial charge on any atom is 0.128 e. The molecule has 0 saturated heterocycles. The Bertz CT molecular complexity index is 866. The molecule has 0 radical (unpaired) electrons. The van der Waals surface area contributed by atoms with Crippen LogP contribution in [0, 0.1) is 6.92 Å². The van der Waals surface area contributed by atoms with Crippen LogP contribution in [0.3, 0.4) is 0 Å². The van der Waals surface area contributed by atoms with Gasteiger partial charge in [0.15, 0.2) is 0 Å². The van der Waals surface area contributed by atoms with Crippen molar-refractivity contribution >= 4 is 5.82 Å². The van der Waals surface area contributed by atoms with Gasteiger partial charge in [0.2, 0.25) is 0 Å². The maximum atomic E-state index is 10.1. The first-order valence-corrected chi connectivity index (χ1v) is 7.78. The van der Waals surface area contributed by atoms with Gasteiger partial charge in [0.25, 0.3) is 0 Å². The Morgan fingerprint density at radius 2 is 1.91 bits per heavy atom. The van der Waals surface area contributed by atoms with Crippen molar-refractivity contribution in [2.45, 2.75) is 32.9 Å². The van der Waals surface area contributed by atoms with Gasteiger partial charge in [-0.25, -0.2) is 4.98 Å². The molecule has 5 nitrogen and oxygen atoms in total. The maximum absolute atomic E-state index is 10.1. The second-order valence-electron chi connectivity index (χ2n) is 6.52. The molecule has 0 saturated carbocycles. The average molecular weight is 308 g/mol. The summed E-state index contributed by atoms with van der Waals surface area (Å²) in [5.74, 6) is 2.01. The standard InChI is InChI=1S/C18H20N4O/c1-11-21-16(12-4-6-13(7-5-12)18(2,3)23)15-10-20-17-14(22(11)15)8-9-19-17/h4-9,19-20,23H,10H2,1-3H3. The molecule has 118 valence electrons. The summed E-state index contributed by atoms with van der Waals surface area (Å²) in [6, 6.07) is 10.1. The zero-order chi connectivity index (χ0) is 16.2. The molecule has 0 amide bonds. The fraction of sp³-hybridized carbons (Fsp3) is 0.278. The molecule has 23 heavy (non-hydrogen) atoms. The number of hydrogen-bond acceptors (Lipinski definition) is 3. The number of benzene rings is 1. The van der Waals surface area contributed by atoms with Crippen LogP contribution in [0.1, 0.15) is 30.9 Å². The summed E-state index contributed by atoms with van der Waals surface area (Å²) in [5, 5.41) is 13.5. The van der Waals surface area contributed by atoms with Crippen molar-refractivity contribution in [3.05, 3.63) is 53.6 Å². The number of aromatic nitrogens is 3. The van der Waals surface area contributed by atoms with E-state index >= 15 is 0 Å². The molecule has 0 atom stereocenters. The zero-order valence-corrected chi connectivity index (χ0v) is 13.5. The number of fused-ring (bicyclic) bond motifs is 3. The minimum atomic E-state index is -0.830. The third kappa shape index (κ3) is 2.16. The monoisotopic (exact) mass is 308 g/mol. The lowest BCUT2D eigenvalue weighted by atomic mass is 9.96. The van der Waals surface area contributed by atoms with Gasteiger partial charge in [0.1, 0.15) is 11.6 Å². The van der Waals surface area contributed by atoms with Gasteiger partial charge < -0.3 is 15.4 Å². The first kappa shape index (κ1) is 14.1. The normalized spacial score (nSPS) is 13.4. The Kier molecular flexibility index (Phi) is 2.90. The Labute approximate surface area is 135 Å². The average Bonchev–Trinajstić information content (AvgIpc) is 3.10. The molecule has 0 fully saturated rings. The van der Waals surface area contributed by atoms with Gasteiger partial charge in [-0.05, 0) is 32.4 Å². The van der Waals surface area contributed by atoms with Crippen molar-refractivity contribution in [2.75, 3.05) is 5.32 Å². The Hall–Kier alpha value is -2.53. The van der Waals surface area contributed by atoms with E-state index in [0.29, 0.717) is 0 Å². The highest BCUT2D eigenvalue weighted by Crippen LogP contribution is 2.34. The quantitative estimate of drug-likeness (QED) is 0.680. The van der Waals surface area contributed by atoms with Gasteiger partial charge in [-0.1, -0.05) is 24.3 Å². The molecule has 0 aliphatic carbocycles. The molecule has 0 unspecified atom stereocenters. The van der Waals surface area contributed by atoms with Crippen molar-refractivity contribution in [3.63, 3.8) is 0 Å². The predicted molar refractivity (Wildman–Crippen MR) is 90.7 cm³/mol. The molecule has 0 spiro atoms. The van der Waals surface area contributed by atoms with Crippen LogP contribution < -0.4 is 5.32 Å². The molecule has 0 bridgehead atoms. The molecule has 1 aromatic carbocycles. The van der Waals surface area contributed by atoms with Crippen LogP contribution >= 0.6 is 0 Å². The largest absolute Gasteiger partial charge is 0.386 e. The molecule has 2 aromatic heterocycles. The van der Waals surface area contributed by atoms with Crippen LogP contribution in [0.2, 0.25) is 0 Å². The molecule has 3 aromatic rings. The number of aliphatic hydroxyl groups is 1. The highest BCUT2D eigenvalue weighted by molar-refractivity contribution is 5.69. The summed E-state index contributed by atoms with van der Waals surface area (Å²) < 4.78 is 2.20. The Morgan fingerprint density at radius 3 is 2.61 bits per heavy atom. The van der Waals surface area contributed by atoms with Crippen molar-refractivity contribution < 1.29 is 5.11 Å². The number of H-pyrrole nitrogens is 1. The first-order valence-electron chi connectivity index (χ1n) is 7.78. The fourth-order valence-electron chi connectivity index (χ4n) is 3.19. The second-order valence-corrected chi connectivity index (χ2v) is 6.52. The lowest BCUT2D eigenvalue weighted by molar-refractivity contribution is 0.0786. The van der Waals surface area contributed by atoms with Crippen molar-refractivity contribution in [2.24, 2.45) is 0 Å². The summed E-state index contributed by atoms with van der Waals surface area (Å²) in [6.45, 7) is 6.35. The highest BCUT2D eigenvalue weighted by atomic mass is 16.3. The van der Waals surface area contributed by atoms with Crippen LogP contribution in [0.25, 0.3) is 16.9 Å². The summed E-state index contributed by atoms with van der Waals surface area (Å²) in [7, 11) is 0. The van der Waals surface area contributed by atoms with Crippen LogP contribution in [0.4, 0.5) is 5.82 Å². The van der Waals surface area contributed by atoms with Gasteiger partial charge in [-0.15, -0.1) is 0 Å². The van der Waals surface area contributed by atoms with Gasteiger partial charge >= 0.3 is 0 Å². The number of hydrogen-bond donors (Lipinski definition) is 3. The van der Waals surface area contributed by atoms with Gasteiger partial charge in [0.05, 0.1) is 29.2 Å². The zero-order valence-electron chi connectivity index (χ0n) is 13.5. The van der Waals surface area contributed by atoms with Crippen LogP contribution in [0.15, 0.2) is 36.5 Å². The van der Waals surface area contributed by atoms with E-state index in [1.807, 2.05) is 37.4 Å². The van der Waals surface area contributed by atoms with E-state index in [9.17, 15) is 5.11 Å². The predicted octanol–water partition coefficient (Wildman–Crippen LogP) is 3.33. The van der Waals surface area contributed by atoms with Crippen molar-refractivity contribution in [3.8, 4) is 16.9 Å². The van der Waals surface area contributed by atoms with Gasteiger partial charge in [0, 0.05) is 11.8 Å². The van der Waals surface area contributed by atoms with Gasteiger partial charge in [-0.2, -0.15) is 0 Å². The molecule has 1 aliphatic rings. The van der Waals surface area contributed by atoms with E-state index in [4.69, 9.17) is 4.98 Å². The fourth-order valence-corrected chi connectivity index (χ4v) is 3.19. The van der Waals surface area contributed by atoms with Crippen molar-refractivity contribution in [1.82, 2.24) is 14.5 Å². The molecule has 4 rings (SSSR count). The first-order chi connectivity index (χ1) is 10.9. The third-order valence-corrected chi connectivity index (χ3v) is 4.40. The van der Waals surface area contributed by atoms with E-state index in [-0.39, 0.29) is 0 Å². The molecule has 3 N–H and O–H groups in total. The number of aromatic amines is 1. The Morgan fingerprint density at radius 1 is 1.17 bits per heavy atom. The summed E-state index contributed by atoms with van der Waals surface area (Å²) in [4.78, 5) is 7.99. The van der Waals surface area contributed by atoms with E-state index in [0.717, 1.165) is 46.4 Å². The topological polar surface area (TPSA) is 65.9 Å². The summed E-state index contributed by atoms with van der Waals surface area (Å²) in [6.07, 6.45) is 1.93. The summed E-state index contributed by atoms with van der Waals surface area (Å²) in [5.41, 5.74) is 4.39. The van der Waals surface area contributed by atoms with E-state index in [1.165, 1.54) is 0 Å². The van der Waals surface area contributed by atoms with E-state index in [1.54, 1.807) is 13.8 Å². The second kappa shape index (κ2) is 4.73. The van der Waals surface area contributed by atoms with E-state index < -0.39 is 5.60 Å². The van der Waals surface area contributed by atoms with Crippen LogP contribution in [-0.4, -0.2) is 19.6 Å². The molecular formula is C18H20N4O. The number of imidazole rings is 1. The van der Waals surface area contributed by atoms with Crippen LogP contribution in [0.5, 0.6) is 0 Å². The third-order valence-electron chi connectivity index (χ3n) is 4.40. The van der Waals surface area contributed by atoms with Crippen LogP contribution in [-0.2, 0) is 12.1 Å². The minimum absolute atomic E-state index is 0.733. The lowest BCUT2D eigenvalue weighted by Gasteiger charge is -2.20. The van der Waals surface area contributed by atoms with Gasteiger partial charge in [-0.3, -0.25) is 4.57 Å². The molecule has 1 aliphatic heterocycles. The SMILES string of the molecule is Cc1nc(-c2ccc(C(C)(C)O)cc2)c2n1-c1cc[nH]c1NC2. The number of rotatable bonds is 2. The number of aryl methyl sites for hydroxylation is 1. The molecule has 3 heterocycles. The van der Waals surface area contributed by atoms with Crippen molar-refractivity contribution in [1.29, 1.82) is 0 Å². The summed E-state index contributed by atoms with van der Waals surface area (Å²) >= 11 is 0. The number of anilines is 1. The number of nitrogens with zero attached hydrogens (tertiary/aromatic N) is 2. The van der Waals surface area contributed by atoms with E-state index in [2.05, 4.69) is 20.9 Å².